The summed E-state index contributed by atoms with van der Waals surface area (Å²) in [4.78, 5) is 0. The molecule has 0 saturated heterocycles. The van der Waals surface area contributed by atoms with Crippen LogP contribution in [0.5, 0.6) is 0 Å². The second-order valence-electron chi connectivity index (χ2n) is 2.58. The van der Waals surface area contributed by atoms with E-state index in [1.165, 1.54) is 5.69 Å². The molecule has 0 atom stereocenters. The van der Waals surface area contributed by atoms with Gasteiger partial charge in [-0.05, 0) is 12.5 Å². The molecule has 0 aliphatic rings. The Morgan fingerprint density at radius 2 is 2.42 bits per heavy atom. The highest BCUT2D eigenvalue weighted by Crippen LogP contribution is 2.13. The summed E-state index contributed by atoms with van der Waals surface area (Å²) in [7, 11) is 1.99. The van der Waals surface area contributed by atoms with Gasteiger partial charge in [0.2, 0.25) is 0 Å². The van der Waals surface area contributed by atoms with E-state index in [0.717, 1.165) is 23.0 Å². The largest absolute Gasteiger partial charge is 0.272 e. The molecule has 68 valence electrons. The van der Waals surface area contributed by atoms with Crippen molar-refractivity contribution in [2.75, 3.05) is 5.08 Å². The van der Waals surface area contributed by atoms with Crippen LogP contribution in [0.3, 0.4) is 0 Å². The molecule has 0 radical (unpaired) electrons. The lowest BCUT2D eigenvalue weighted by molar-refractivity contribution is 0.710. The fourth-order valence-corrected chi connectivity index (χ4v) is 1.84. The minimum Gasteiger partial charge on any atom is -0.272 e. The quantitative estimate of drug-likeness (QED) is 0.595. The van der Waals surface area contributed by atoms with Crippen LogP contribution in [0.25, 0.3) is 0 Å². The van der Waals surface area contributed by atoms with Gasteiger partial charge < -0.3 is 0 Å². The maximum atomic E-state index is 4.38. The van der Waals surface area contributed by atoms with Gasteiger partial charge in [0.05, 0.1) is 5.69 Å². The minimum atomic E-state index is 0.859. The topological polar surface area (TPSA) is 17.8 Å². The summed E-state index contributed by atoms with van der Waals surface area (Å²) in [6, 6.07) is 2.16. The number of nitrogens with zero attached hydrogens (tertiary/aromatic N) is 2. The summed E-state index contributed by atoms with van der Waals surface area (Å²) < 4.78 is 1.95. The first-order valence-corrected chi connectivity index (χ1v) is 5.77. The molecule has 0 unspecified atom stereocenters. The summed E-state index contributed by atoms with van der Waals surface area (Å²) in [5, 5.41) is 5.24. The van der Waals surface area contributed by atoms with Gasteiger partial charge in [-0.1, -0.05) is 6.92 Å². The van der Waals surface area contributed by atoms with Crippen molar-refractivity contribution in [1.82, 2.24) is 9.78 Å². The first kappa shape index (κ1) is 9.99. The molecule has 0 bridgehead atoms. The van der Waals surface area contributed by atoms with Crippen molar-refractivity contribution in [2.24, 2.45) is 7.05 Å². The Balaban J connectivity index is 2.62. The van der Waals surface area contributed by atoms with E-state index in [-0.39, 0.29) is 0 Å². The van der Waals surface area contributed by atoms with Crippen LogP contribution in [0.15, 0.2) is 6.07 Å². The van der Waals surface area contributed by atoms with Crippen LogP contribution in [-0.2, 0) is 19.2 Å². The molecule has 0 aromatic carbocycles. The molecule has 1 aromatic heterocycles. The van der Waals surface area contributed by atoms with E-state index < -0.39 is 0 Å². The SMILES string of the molecule is CCc1cc(CSCS)nn1C. The molecule has 0 fully saturated rings. The van der Waals surface area contributed by atoms with Crippen LogP contribution >= 0.6 is 24.4 Å². The van der Waals surface area contributed by atoms with Crippen molar-refractivity contribution in [3.8, 4) is 0 Å². The van der Waals surface area contributed by atoms with Gasteiger partial charge in [0.15, 0.2) is 0 Å². The van der Waals surface area contributed by atoms with Gasteiger partial charge >= 0.3 is 0 Å². The molecule has 1 heterocycles. The second kappa shape index (κ2) is 4.82. The van der Waals surface area contributed by atoms with E-state index in [0.29, 0.717) is 0 Å². The highest BCUT2D eigenvalue weighted by Gasteiger charge is 2.01. The number of hydrogen-bond acceptors (Lipinski definition) is 3. The Labute approximate surface area is 83.1 Å². The molecule has 12 heavy (non-hydrogen) atoms. The predicted octanol–water partition coefficient (Wildman–Crippen LogP) is 2.10. The van der Waals surface area contributed by atoms with Gasteiger partial charge in [-0.25, -0.2) is 0 Å². The highest BCUT2D eigenvalue weighted by molar-refractivity contribution is 8.08. The van der Waals surface area contributed by atoms with Crippen LogP contribution in [0.4, 0.5) is 0 Å². The molecule has 0 spiro atoms. The first-order valence-electron chi connectivity index (χ1n) is 3.98. The molecular formula is C8H14N2S2. The Hall–Kier alpha value is -0.0900. The van der Waals surface area contributed by atoms with Gasteiger partial charge in [-0.15, -0.1) is 11.8 Å². The number of aromatic nitrogens is 2. The van der Waals surface area contributed by atoms with Crippen molar-refractivity contribution < 1.29 is 0 Å². The maximum absolute atomic E-state index is 4.38. The summed E-state index contributed by atoms with van der Waals surface area (Å²) in [5.41, 5.74) is 2.46. The van der Waals surface area contributed by atoms with Crippen molar-refractivity contribution in [1.29, 1.82) is 0 Å². The van der Waals surface area contributed by atoms with Crippen molar-refractivity contribution in [3.05, 3.63) is 17.5 Å². The van der Waals surface area contributed by atoms with Gasteiger partial charge in [0.1, 0.15) is 0 Å². The lowest BCUT2D eigenvalue weighted by Crippen LogP contribution is -1.95. The van der Waals surface area contributed by atoms with E-state index in [2.05, 4.69) is 30.7 Å². The molecular weight excluding hydrogens is 188 g/mol. The molecule has 1 rings (SSSR count). The van der Waals surface area contributed by atoms with Crippen LogP contribution in [0.1, 0.15) is 18.3 Å². The first-order chi connectivity index (χ1) is 5.77. The number of rotatable bonds is 4. The zero-order valence-electron chi connectivity index (χ0n) is 7.45. The molecule has 0 amide bonds. The molecule has 1 aromatic rings. The molecule has 2 nitrogen and oxygen atoms in total. The van der Waals surface area contributed by atoms with E-state index in [1.807, 2.05) is 11.7 Å². The van der Waals surface area contributed by atoms with Crippen LogP contribution in [-0.4, -0.2) is 14.9 Å². The Bertz CT molecular complexity index is 245. The van der Waals surface area contributed by atoms with Gasteiger partial charge in [-0.2, -0.15) is 17.7 Å². The normalized spacial score (nSPS) is 10.6. The Morgan fingerprint density at radius 1 is 1.67 bits per heavy atom. The maximum Gasteiger partial charge on any atom is 0.0726 e. The summed E-state index contributed by atoms with van der Waals surface area (Å²) >= 11 is 5.92. The van der Waals surface area contributed by atoms with Crippen molar-refractivity contribution in [2.45, 2.75) is 19.1 Å². The van der Waals surface area contributed by atoms with Crippen LogP contribution in [0, 0.1) is 0 Å². The fraction of sp³-hybridized carbons (Fsp3) is 0.625. The Morgan fingerprint density at radius 3 is 2.92 bits per heavy atom. The zero-order chi connectivity index (χ0) is 8.97. The molecule has 4 heteroatoms. The van der Waals surface area contributed by atoms with Gasteiger partial charge in [0.25, 0.3) is 0 Å². The minimum absolute atomic E-state index is 0.859. The molecule has 0 N–H and O–H groups in total. The van der Waals surface area contributed by atoms with E-state index >= 15 is 0 Å². The average Bonchev–Trinajstić information content (AvgIpc) is 2.43. The standard InChI is InChI=1S/C8H14N2S2/c1-3-8-4-7(5-12-6-11)9-10(8)2/h4,11H,3,5-6H2,1-2H3. The third kappa shape index (κ3) is 2.45. The second-order valence-corrected chi connectivity index (χ2v) is 4.31. The third-order valence-corrected chi connectivity index (χ3v) is 2.96. The third-order valence-electron chi connectivity index (χ3n) is 1.73. The number of thiol groups is 1. The monoisotopic (exact) mass is 202 g/mol. The Kier molecular flexibility index (Phi) is 4.01. The smallest absolute Gasteiger partial charge is 0.0726 e. The van der Waals surface area contributed by atoms with E-state index in [9.17, 15) is 0 Å². The van der Waals surface area contributed by atoms with Gasteiger partial charge in [0, 0.05) is 23.6 Å². The zero-order valence-corrected chi connectivity index (χ0v) is 9.16. The van der Waals surface area contributed by atoms with Crippen LogP contribution < -0.4 is 0 Å². The lowest BCUT2D eigenvalue weighted by atomic mass is 10.3. The summed E-state index contributed by atoms with van der Waals surface area (Å²) in [5.74, 6) is 0.970. The van der Waals surface area contributed by atoms with Gasteiger partial charge in [-0.3, -0.25) is 4.68 Å². The average molecular weight is 202 g/mol. The number of thioether (sulfide) groups is 1. The molecule has 0 aliphatic heterocycles. The van der Waals surface area contributed by atoms with Crippen molar-refractivity contribution >= 4 is 24.4 Å². The lowest BCUT2D eigenvalue weighted by Gasteiger charge is -1.93. The van der Waals surface area contributed by atoms with Crippen LogP contribution in [0.2, 0.25) is 0 Å². The summed E-state index contributed by atoms with van der Waals surface area (Å²) in [6.07, 6.45) is 1.05. The van der Waals surface area contributed by atoms with Crippen molar-refractivity contribution in [3.63, 3.8) is 0 Å². The predicted molar refractivity (Wildman–Crippen MR) is 57.7 cm³/mol. The molecule has 0 saturated carbocycles. The number of hydrogen-bond donors (Lipinski definition) is 1. The van der Waals surface area contributed by atoms with E-state index in [1.54, 1.807) is 11.8 Å². The molecule has 0 aliphatic carbocycles. The fourth-order valence-electron chi connectivity index (χ4n) is 1.12. The summed E-state index contributed by atoms with van der Waals surface area (Å²) in [6.45, 7) is 2.15. The number of aryl methyl sites for hydroxylation is 2. The highest BCUT2D eigenvalue weighted by atomic mass is 32.2. The van der Waals surface area contributed by atoms with E-state index in [4.69, 9.17) is 0 Å².